The number of hydrogen-bond acceptors (Lipinski definition) is 4. The average Bonchev–Trinajstić information content (AvgIpc) is 4.06. The molecule has 4 heterocycles. The fourth-order valence-electron chi connectivity index (χ4n) is 9.44. The van der Waals surface area contributed by atoms with Crippen LogP contribution in [0.5, 0.6) is 0 Å². The Morgan fingerprint density at radius 1 is 0.339 bits per heavy atom. The van der Waals surface area contributed by atoms with Crippen LogP contribution in [0.25, 0.3) is 104 Å². The first-order valence-corrected chi connectivity index (χ1v) is 19.9. The molecule has 5 heteroatoms. The summed E-state index contributed by atoms with van der Waals surface area (Å²) in [6.07, 6.45) is 0. The SMILES string of the molecule is c1cc(-c2ccc(N(c3cccc4c3oc3ccccc34)c3cccc4c3oc3ccccc34)c3c2oc2ccccc23)cc(-n2c3ccccc3c3ccccc32)c1. The lowest BCUT2D eigenvalue weighted by Gasteiger charge is -2.26. The van der Waals surface area contributed by atoms with Crippen LogP contribution >= 0.6 is 0 Å². The van der Waals surface area contributed by atoms with Crippen LogP contribution in [0, 0.1) is 0 Å². The third-order valence-electron chi connectivity index (χ3n) is 12.0. The number of para-hydroxylation sites is 7. The zero-order valence-corrected chi connectivity index (χ0v) is 31.6. The van der Waals surface area contributed by atoms with E-state index in [-0.39, 0.29) is 0 Å². The Morgan fingerprint density at radius 2 is 0.814 bits per heavy atom. The van der Waals surface area contributed by atoms with Gasteiger partial charge in [0.2, 0.25) is 0 Å². The molecule has 0 fully saturated rings. The van der Waals surface area contributed by atoms with Gasteiger partial charge >= 0.3 is 0 Å². The highest BCUT2D eigenvalue weighted by Gasteiger charge is 2.27. The first-order chi connectivity index (χ1) is 29.3. The topological polar surface area (TPSA) is 47.6 Å². The second kappa shape index (κ2) is 12.2. The Balaban J connectivity index is 1.10. The van der Waals surface area contributed by atoms with Gasteiger partial charge in [0.05, 0.1) is 33.5 Å². The Hall–Kier alpha value is -8.02. The van der Waals surface area contributed by atoms with E-state index in [0.717, 1.165) is 99.7 Å². The third-order valence-corrected chi connectivity index (χ3v) is 12.0. The molecule has 59 heavy (non-hydrogen) atoms. The number of fused-ring (bicyclic) bond motifs is 12. The van der Waals surface area contributed by atoms with Gasteiger partial charge in [0.15, 0.2) is 11.2 Å². The summed E-state index contributed by atoms with van der Waals surface area (Å²) >= 11 is 0. The third kappa shape index (κ3) is 4.61. The fourth-order valence-corrected chi connectivity index (χ4v) is 9.44. The summed E-state index contributed by atoms with van der Waals surface area (Å²) in [5.41, 5.74) is 13.2. The molecule has 9 aromatic carbocycles. The predicted octanol–water partition coefficient (Wildman–Crippen LogP) is 15.6. The molecule has 4 aromatic heterocycles. The van der Waals surface area contributed by atoms with Crippen molar-refractivity contribution >= 4 is 105 Å². The van der Waals surface area contributed by atoms with Crippen molar-refractivity contribution in [3.8, 4) is 16.8 Å². The van der Waals surface area contributed by atoms with E-state index in [9.17, 15) is 0 Å². The smallest absolute Gasteiger partial charge is 0.159 e. The highest BCUT2D eigenvalue weighted by atomic mass is 16.3. The molecule has 0 saturated carbocycles. The molecule has 0 N–H and O–H groups in total. The Kier molecular flexibility index (Phi) is 6.66. The Morgan fingerprint density at radius 3 is 1.42 bits per heavy atom. The van der Waals surface area contributed by atoms with Crippen LogP contribution in [-0.4, -0.2) is 4.57 Å². The molecule has 0 atom stereocenters. The van der Waals surface area contributed by atoms with E-state index in [4.69, 9.17) is 13.3 Å². The quantitative estimate of drug-likeness (QED) is 0.175. The minimum Gasteiger partial charge on any atom is -0.455 e. The maximum absolute atomic E-state index is 6.96. The van der Waals surface area contributed by atoms with Gasteiger partial charge in [0.1, 0.15) is 22.3 Å². The number of rotatable bonds is 5. The van der Waals surface area contributed by atoms with Crippen molar-refractivity contribution in [2.75, 3.05) is 4.90 Å². The summed E-state index contributed by atoms with van der Waals surface area (Å²) in [5.74, 6) is 0. The first kappa shape index (κ1) is 32.1. The van der Waals surface area contributed by atoms with Crippen molar-refractivity contribution in [1.29, 1.82) is 0 Å². The monoisotopic (exact) mass is 756 g/mol. The van der Waals surface area contributed by atoms with Gasteiger partial charge in [-0.25, -0.2) is 0 Å². The van der Waals surface area contributed by atoms with E-state index in [1.165, 1.54) is 21.8 Å². The number of aromatic nitrogens is 1. The van der Waals surface area contributed by atoms with Crippen LogP contribution in [0.1, 0.15) is 0 Å². The molecule has 13 aromatic rings. The van der Waals surface area contributed by atoms with E-state index in [1.807, 2.05) is 30.3 Å². The fraction of sp³-hybridized carbons (Fsp3) is 0. The van der Waals surface area contributed by atoms with Crippen LogP contribution in [0.4, 0.5) is 17.1 Å². The highest BCUT2D eigenvalue weighted by Crippen LogP contribution is 2.50. The molecule has 0 aliphatic heterocycles. The summed E-state index contributed by atoms with van der Waals surface area (Å²) in [6, 6.07) is 68.1. The minimum absolute atomic E-state index is 0.797. The lowest BCUT2D eigenvalue weighted by Crippen LogP contribution is -2.11. The maximum atomic E-state index is 6.96. The van der Waals surface area contributed by atoms with Crippen molar-refractivity contribution in [3.63, 3.8) is 0 Å². The molecule has 0 aliphatic rings. The van der Waals surface area contributed by atoms with Crippen molar-refractivity contribution in [1.82, 2.24) is 4.57 Å². The maximum Gasteiger partial charge on any atom is 0.159 e. The molecule has 0 aliphatic carbocycles. The molecule has 0 bridgehead atoms. The molecule has 5 nitrogen and oxygen atoms in total. The van der Waals surface area contributed by atoms with Crippen LogP contribution < -0.4 is 4.90 Å². The van der Waals surface area contributed by atoms with E-state index in [0.29, 0.717) is 0 Å². The van der Waals surface area contributed by atoms with E-state index >= 15 is 0 Å². The van der Waals surface area contributed by atoms with Gasteiger partial charge in [-0.2, -0.15) is 0 Å². The lowest BCUT2D eigenvalue weighted by atomic mass is 9.99. The number of hydrogen-bond donors (Lipinski definition) is 0. The van der Waals surface area contributed by atoms with Gasteiger partial charge in [-0.1, -0.05) is 127 Å². The van der Waals surface area contributed by atoms with E-state index in [2.05, 4.69) is 173 Å². The molecule has 0 spiro atoms. The molecule has 0 amide bonds. The van der Waals surface area contributed by atoms with Gasteiger partial charge < -0.3 is 22.7 Å². The first-order valence-electron chi connectivity index (χ1n) is 19.9. The molecule has 0 saturated heterocycles. The standard InChI is InChI=1S/C54H32N2O3/c1-6-23-43-36(16-1)37-17-2-7-24-44(37)55(43)34-15-11-14-33(32-34)35-30-31-45(51-42-20-5-10-29-50(42)59-54(35)51)56(46-25-12-21-40-38-18-3-8-27-48(38)57-52(40)46)47-26-13-22-41-39-19-4-9-28-49(39)58-53(41)47/h1-32H. The molecule has 0 radical (unpaired) electrons. The van der Waals surface area contributed by atoms with Crippen LogP contribution in [0.15, 0.2) is 207 Å². The Labute approximate surface area is 337 Å². The summed E-state index contributed by atoms with van der Waals surface area (Å²) in [7, 11) is 0. The average molecular weight is 757 g/mol. The molecular formula is C54H32N2O3. The van der Waals surface area contributed by atoms with Gasteiger partial charge in [-0.05, 0) is 72.3 Å². The van der Waals surface area contributed by atoms with Crippen molar-refractivity contribution in [2.45, 2.75) is 0 Å². The minimum atomic E-state index is 0.797. The summed E-state index contributed by atoms with van der Waals surface area (Å²) < 4.78 is 22.9. The van der Waals surface area contributed by atoms with Crippen molar-refractivity contribution in [2.24, 2.45) is 0 Å². The van der Waals surface area contributed by atoms with Gasteiger partial charge in [0.25, 0.3) is 0 Å². The summed E-state index contributed by atoms with van der Waals surface area (Å²) in [6.45, 7) is 0. The second-order valence-electron chi connectivity index (χ2n) is 15.2. The molecular weight excluding hydrogens is 725 g/mol. The zero-order chi connectivity index (χ0) is 38.6. The number of benzene rings is 9. The lowest BCUT2D eigenvalue weighted by molar-refractivity contribution is 0.665. The van der Waals surface area contributed by atoms with Crippen molar-refractivity contribution < 1.29 is 13.3 Å². The number of nitrogens with zero attached hydrogens (tertiary/aromatic N) is 2. The number of furan rings is 3. The Bertz CT molecular complexity index is 3650. The van der Waals surface area contributed by atoms with Gasteiger partial charge in [0, 0.05) is 49.0 Å². The molecule has 276 valence electrons. The van der Waals surface area contributed by atoms with Crippen LogP contribution in [0.2, 0.25) is 0 Å². The molecule has 0 unspecified atom stereocenters. The van der Waals surface area contributed by atoms with E-state index < -0.39 is 0 Å². The molecule has 13 rings (SSSR count). The summed E-state index contributed by atoms with van der Waals surface area (Å²) in [5, 5.41) is 8.73. The number of anilines is 3. The van der Waals surface area contributed by atoms with Crippen LogP contribution in [-0.2, 0) is 0 Å². The second-order valence-corrected chi connectivity index (χ2v) is 15.2. The van der Waals surface area contributed by atoms with E-state index in [1.54, 1.807) is 0 Å². The highest BCUT2D eigenvalue weighted by molar-refractivity contribution is 6.20. The zero-order valence-electron chi connectivity index (χ0n) is 31.6. The van der Waals surface area contributed by atoms with Gasteiger partial charge in [-0.3, -0.25) is 0 Å². The normalized spacial score (nSPS) is 12.1. The predicted molar refractivity (Wildman–Crippen MR) is 243 cm³/mol. The largest absolute Gasteiger partial charge is 0.455 e. The van der Waals surface area contributed by atoms with Crippen molar-refractivity contribution in [3.05, 3.63) is 194 Å². The summed E-state index contributed by atoms with van der Waals surface area (Å²) in [4.78, 5) is 2.30. The van der Waals surface area contributed by atoms with Gasteiger partial charge in [-0.15, -0.1) is 0 Å². The van der Waals surface area contributed by atoms with Crippen LogP contribution in [0.3, 0.4) is 0 Å².